The number of carbonyl (C=O) groups is 2. The number of nitrogens with one attached hydrogen (secondary N) is 2. The first kappa shape index (κ1) is 18.7. The van der Waals surface area contributed by atoms with Crippen molar-refractivity contribution in [1.29, 1.82) is 0 Å². The van der Waals surface area contributed by atoms with Gasteiger partial charge < -0.3 is 10.6 Å². The lowest BCUT2D eigenvalue weighted by atomic mass is 10.0. The molecular weight excluding hydrogens is 348 g/mol. The Hall–Kier alpha value is -2.62. The number of hydrogen-bond acceptors (Lipinski definition) is 2. The minimum absolute atomic E-state index is 0.108. The van der Waals surface area contributed by atoms with Crippen LogP contribution in [0, 0.1) is 22.7 Å². The van der Waals surface area contributed by atoms with Gasteiger partial charge >= 0.3 is 0 Å². The van der Waals surface area contributed by atoms with Gasteiger partial charge in [0.15, 0.2) is 0 Å². The van der Waals surface area contributed by atoms with E-state index < -0.39 is 0 Å². The Morgan fingerprint density at radius 3 is 1.21 bits per heavy atom. The SMILES string of the molecule is CC1(C)C[C@@H]1C(=O)Nc1ccc(-c2ccc(NC(=O)[C@H]3CC3(C)C)cc2)cc1. The van der Waals surface area contributed by atoms with Crippen LogP contribution in [0.15, 0.2) is 48.5 Å². The zero-order valence-corrected chi connectivity index (χ0v) is 17.0. The van der Waals surface area contributed by atoms with Crippen LogP contribution in [0.3, 0.4) is 0 Å². The number of rotatable bonds is 5. The van der Waals surface area contributed by atoms with E-state index >= 15 is 0 Å². The number of benzene rings is 2. The Bertz CT molecular complexity index is 833. The summed E-state index contributed by atoms with van der Waals surface area (Å²) in [5.41, 5.74) is 4.07. The molecule has 0 spiro atoms. The summed E-state index contributed by atoms with van der Waals surface area (Å²) in [6, 6.07) is 15.8. The third-order valence-corrected chi connectivity index (χ3v) is 6.30. The van der Waals surface area contributed by atoms with Crippen molar-refractivity contribution >= 4 is 23.2 Å². The number of anilines is 2. The number of hydrogen-bond donors (Lipinski definition) is 2. The predicted molar refractivity (Wildman–Crippen MR) is 113 cm³/mol. The molecule has 2 aliphatic rings. The summed E-state index contributed by atoms with van der Waals surface area (Å²) in [4.78, 5) is 24.4. The quantitative estimate of drug-likeness (QED) is 0.742. The standard InChI is InChI=1S/C24H28N2O2/c1-23(2)13-19(23)21(27)25-17-9-5-15(6-10-17)16-7-11-18(12-8-16)26-22(28)20-14-24(20,3)4/h5-12,19-20H,13-14H2,1-4H3,(H,25,27)(H,26,28)/t19-,20-/m1/s1. The van der Waals surface area contributed by atoms with Crippen LogP contribution in [-0.2, 0) is 9.59 Å². The van der Waals surface area contributed by atoms with Gasteiger partial charge in [-0.15, -0.1) is 0 Å². The van der Waals surface area contributed by atoms with Crippen LogP contribution in [0.25, 0.3) is 11.1 Å². The third-order valence-electron chi connectivity index (χ3n) is 6.30. The van der Waals surface area contributed by atoms with Crippen LogP contribution in [0.2, 0.25) is 0 Å². The second-order valence-electron chi connectivity index (χ2n) is 9.62. The highest BCUT2D eigenvalue weighted by Gasteiger charge is 2.51. The van der Waals surface area contributed by atoms with Gasteiger partial charge in [0, 0.05) is 23.2 Å². The molecule has 0 radical (unpaired) electrons. The van der Waals surface area contributed by atoms with E-state index in [1.54, 1.807) is 0 Å². The molecule has 2 N–H and O–H groups in total. The number of amides is 2. The van der Waals surface area contributed by atoms with E-state index in [2.05, 4.69) is 38.3 Å². The Balaban J connectivity index is 1.36. The molecule has 28 heavy (non-hydrogen) atoms. The lowest BCUT2D eigenvalue weighted by Crippen LogP contribution is -2.16. The number of carbonyl (C=O) groups excluding carboxylic acids is 2. The lowest BCUT2D eigenvalue weighted by molar-refractivity contribution is -0.118. The lowest BCUT2D eigenvalue weighted by Gasteiger charge is -2.09. The molecule has 2 atom stereocenters. The summed E-state index contributed by atoms with van der Waals surface area (Å²) >= 11 is 0. The summed E-state index contributed by atoms with van der Waals surface area (Å²) in [5.74, 6) is 0.459. The molecule has 2 aliphatic carbocycles. The summed E-state index contributed by atoms with van der Waals surface area (Å²) in [5, 5.41) is 6.01. The van der Waals surface area contributed by atoms with Crippen molar-refractivity contribution in [2.75, 3.05) is 10.6 Å². The molecule has 0 saturated heterocycles. The molecule has 0 aliphatic heterocycles. The molecule has 2 amide bonds. The van der Waals surface area contributed by atoms with Crippen molar-refractivity contribution in [1.82, 2.24) is 0 Å². The Morgan fingerprint density at radius 1 is 0.679 bits per heavy atom. The van der Waals surface area contributed by atoms with Crippen LogP contribution >= 0.6 is 0 Å². The van der Waals surface area contributed by atoms with Gasteiger partial charge in [0.1, 0.15) is 0 Å². The second-order valence-corrected chi connectivity index (χ2v) is 9.62. The molecule has 4 rings (SSSR count). The monoisotopic (exact) mass is 376 g/mol. The van der Waals surface area contributed by atoms with Crippen molar-refractivity contribution in [3.63, 3.8) is 0 Å². The molecule has 2 aromatic rings. The highest BCUT2D eigenvalue weighted by Crippen LogP contribution is 2.52. The van der Waals surface area contributed by atoms with Gasteiger partial charge in [-0.05, 0) is 59.1 Å². The molecule has 0 bridgehead atoms. The maximum absolute atomic E-state index is 12.2. The van der Waals surface area contributed by atoms with Gasteiger partial charge in [-0.2, -0.15) is 0 Å². The summed E-state index contributed by atoms with van der Waals surface area (Å²) < 4.78 is 0. The Kier molecular flexibility index (Phi) is 4.33. The topological polar surface area (TPSA) is 58.2 Å². The van der Waals surface area contributed by atoms with Crippen molar-refractivity contribution in [2.24, 2.45) is 22.7 Å². The molecular formula is C24H28N2O2. The minimum Gasteiger partial charge on any atom is -0.326 e. The van der Waals surface area contributed by atoms with E-state index in [-0.39, 0.29) is 34.5 Å². The van der Waals surface area contributed by atoms with Gasteiger partial charge in [-0.1, -0.05) is 52.0 Å². The van der Waals surface area contributed by atoms with Crippen molar-refractivity contribution < 1.29 is 9.59 Å². The fourth-order valence-corrected chi connectivity index (χ4v) is 3.78. The molecule has 4 nitrogen and oxygen atoms in total. The average molecular weight is 377 g/mol. The molecule has 2 fully saturated rings. The van der Waals surface area contributed by atoms with Crippen LogP contribution in [-0.4, -0.2) is 11.8 Å². The molecule has 0 unspecified atom stereocenters. The van der Waals surface area contributed by atoms with Crippen LogP contribution < -0.4 is 10.6 Å². The summed E-state index contributed by atoms with van der Waals surface area (Å²) in [6.07, 6.45) is 1.91. The van der Waals surface area contributed by atoms with Gasteiger partial charge in [0.05, 0.1) is 0 Å². The highest BCUT2D eigenvalue weighted by atomic mass is 16.2. The fourth-order valence-electron chi connectivity index (χ4n) is 3.78. The summed E-state index contributed by atoms with van der Waals surface area (Å²) in [6.45, 7) is 8.49. The molecule has 2 aromatic carbocycles. The Labute approximate surface area is 166 Å². The van der Waals surface area contributed by atoms with E-state index in [1.165, 1.54) is 0 Å². The molecule has 0 heterocycles. The normalized spacial score (nSPS) is 23.6. The molecule has 146 valence electrons. The zero-order chi connectivity index (χ0) is 20.1. The first-order valence-corrected chi connectivity index (χ1v) is 9.98. The third kappa shape index (κ3) is 3.82. The molecule has 2 saturated carbocycles. The second kappa shape index (κ2) is 6.47. The molecule has 4 heteroatoms. The van der Waals surface area contributed by atoms with E-state index in [4.69, 9.17) is 0 Å². The summed E-state index contributed by atoms with van der Waals surface area (Å²) in [7, 11) is 0. The maximum Gasteiger partial charge on any atom is 0.228 e. The highest BCUT2D eigenvalue weighted by molar-refractivity contribution is 5.96. The van der Waals surface area contributed by atoms with Crippen LogP contribution in [0.1, 0.15) is 40.5 Å². The first-order valence-electron chi connectivity index (χ1n) is 9.98. The molecule has 0 aromatic heterocycles. The van der Waals surface area contributed by atoms with Crippen molar-refractivity contribution in [2.45, 2.75) is 40.5 Å². The van der Waals surface area contributed by atoms with Gasteiger partial charge in [0.2, 0.25) is 11.8 Å². The van der Waals surface area contributed by atoms with Gasteiger partial charge in [-0.25, -0.2) is 0 Å². The minimum atomic E-state index is 0.108. The van der Waals surface area contributed by atoms with E-state index in [9.17, 15) is 9.59 Å². The average Bonchev–Trinajstić information content (AvgIpc) is 3.50. The van der Waals surface area contributed by atoms with Crippen molar-refractivity contribution in [3.05, 3.63) is 48.5 Å². The van der Waals surface area contributed by atoms with Crippen LogP contribution in [0.4, 0.5) is 11.4 Å². The van der Waals surface area contributed by atoms with E-state index in [1.807, 2.05) is 48.5 Å². The fraction of sp³-hybridized carbons (Fsp3) is 0.417. The van der Waals surface area contributed by atoms with Crippen molar-refractivity contribution in [3.8, 4) is 11.1 Å². The largest absolute Gasteiger partial charge is 0.326 e. The Morgan fingerprint density at radius 2 is 0.964 bits per heavy atom. The first-order chi connectivity index (χ1) is 13.2. The van der Waals surface area contributed by atoms with Gasteiger partial charge in [0.25, 0.3) is 0 Å². The van der Waals surface area contributed by atoms with E-state index in [0.29, 0.717) is 0 Å². The van der Waals surface area contributed by atoms with Gasteiger partial charge in [-0.3, -0.25) is 9.59 Å². The predicted octanol–water partition coefficient (Wildman–Crippen LogP) is 5.32. The van der Waals surface area contributed by atoms with Crippen LogP contribution in [0.5, 0.6) is 0 Å². The van der Waals surface area contributed by atoms with E-state index in [0.717, 1.165) is 35.3 Å². The zero-order valence-electron chi connectivity index (χ0n) is 17.0. The smallest absolute Gasteiger partial charge is 0.228 e. The maximum atomic E-state index is 12.2.